The van der Waals surface area contributed by atoms with Gasteiger partial charge in [-0.25, -0.2) is 0 Å². The Hall–Kier alpha value is 1.83. The quantitative estimate of drug-likeness (QED) is 0.367. The molecule has 0 spiro atoms. The van der Waals surface area contributed by atoms with Gasteiger partial charge in [-0.1, -0.05) is 20.3 Å². The van der Waals surface area contributed by atoms with Crippen molar-refractivity contribution < 1.29 is 60.8 Å². The monoisotopic (exact) mass is 174 g/mol. The molecule has 0 aliphatic rings. The van der Waals surface area contributed by atoms with Crippen molar-refractivity contribution in [1.82, 2.24) is 0 Å². The molecule has 0 saturated heterocycles. The summed E-state index contributed by atoms with van der Waals surface area (Å²) in [6, 6.07) is 0. The summed E-state index contributed by atoms with van der Waals surface area (Å²) >= 11 is 0. The van der Waals surface area contributed by atoms with E-state index in [0.29, 0.717) is 0 Å². The van der Waals surface area contributed by atoms with Gasteiger partial charge in [0.25, 0.3) is 0 Å². The molecule has 2 nitrogen and oxygen atoms in total. The molecule has 0 heterocycles. The fourth-order valence-corrected chi connectivity index (χ4v) is 1.08. The molecular formula is C5H12KO2P. The molecule has 50 valence electrons. The normalized spacial score (nSPS) is 15.9. The van der Waals surface area contributed by atoms with E-state index >= 15 is 0 Å². The smallest absolute Gasteiger partial charge is 0.801 e. The zero-order chi connectivity index (χ0) is 6.57. The SMILES string of the molecule is CCCC(C)[PH](=O)[O-].[K+]. The van der Waals surface area contributed by atoms with Gasteiger partial charge in [-0.2, -0.15) is 0 Å². The fraction of sp³-hybridized carbons (Fsp3) is 1.00. The predicted molar refractivity (Wildman–Crippen MR) is 33.4 cm³/mol. The van der Waals surface area contributed by atoms with Crippen LogP contribution >= 0.6 is 8.03 Å². The van der Waals surface area contributed by atoms with Gasteiger partial charge >= 0.3 is 51.4 Å². The summed E-state index contributed by atoms with van der Waals surface area (Å²) in [5, 5.41) is 0. The second-order valence-corrected chi connectivity index (χ2v) is 3.63. The molecule has 0 rings (SSSR count). The largest absolute Gasteiger partial charge is 1.00 e. The molecule has 0 radical (unpaired) electrons. The molecule has 0 fully saturated rings. The number of hydrogen-bond acceptors (Lipinski definition) is 2. The topological polar surface area (TPSA) is 40.1 Å². The van der Waals surface area contributed by atoms with Crippen LogP contribution in [-0.2, 0) is 4.57 Å². The van der Waals surface area contributed by atoms with Gasteiger partial charge < -0.3 is 9.46 Å². The van der Waals surface area contributed by atoms with Crippen LogP contribution in [0.4, 0.5) is 0 Å². The number of rotatable bonds is 3. The average molecular weight is 174 g/mol. The van der Waals surface area contributed by atoms with Crippen molar-refractivity contribution in [3.8, 4) is 0 Å². The molecular weight excluding hydrogens is 162 g/mol. The Balaban J connectivity index is 0. The Morgan fingerprint density at radius 3 is 2.22 bits per heavy atom. The van der Waals surface area contributed by atoms with E-state index in [1.54, 1.807) is 6.92 Å². The van der Waals surface area contributed by atoms with Crippen LogP contribution in [0.25, 0.3) is 0 Å². The predicted octanol–water partition coefficient (Wildman–Crippen LogP) is -1.99. The minimum atomic E-state index is -2.47. The van der Waals surface area contributed by atoms with Crippen LogP contribution in [0.3, 0.4) is 0 Å². The van der Waals surface area contributed by atoms with Crippen LogP contribution in [0.1, 0.15) is 26.7 Å². The van der Waals surface area contributed by atoms with Crippen molar-refractivity contribution >= 4 is 8.03 Å². The van der Waals surface area contributed by atoms with Gasteiger partial charge in [0.2, 0.25) is 0 Å². The molecule has 0 N–H and O–H groups in total. The maximum atomic E-state index is 10.2. The van der Waals surface area contributed by atoms with Crippen molar-refractivity contribution in [2.75, 3.05) is 0 Å². The second-order valence-electron chi connectivity index (χ2n) is 2.01. The minimum absolute atomic E-state index is 0. The Labute approximate surface area is 99.7 Å². The summed E-state index contributed by atoms with van der Waals surface area (Å²) in [6.45, 7) is 3.74. The maximum absolute atomic E-state index is 10.2. The van der Waals surface area contributed by atoms with Gasteiger partial charge in [0, 0.05) is 8.03 Å². The van der Waals surface area contributed by atoms with Gasteiger partial charge in [0.15, 0.2) is 0 Å². The molecule has 2 atom stereocenters. The molecule has 0 aliphatic carbocycles. The van der Waals surface area contributed by atoms with Crippen LogP contribution in [0.5, 0.6) is 0 Å². The van der Waals surface area contributed by atoms with E-state index in [2.05, 4.69) is 0 Å². The zero-order valence-corrected chi connectivity index (χ0v) is 10.4. The molecule has 4 heteroatoms. The summed E-state index contributed by atoms with van der Waals surface area (Å²) < 4.78 is 10.2. The molecule has 0 saturated carbocycles. The van der Waals surface area contributed by atoms with Crippen molar-refractivity contribution in [2.24, 2.45) is 0 Å². The standard InChI is InChI=1S/C5H13O2P.K/c1-3-4-5(2)8(6)7;/h5,8H,3-4H2,1-2H3,(H,6,7);/q;+1/p-1. The second kappa shape index (κ2) is 7.93. The van der Waals surface area contributed by atoms with Gasteiger partial charge in [-0.05, 0) is 12.1 Å². The van der Waals surface area contributed by atoms with Crippen molar-refractivity contribution in [1.29, 1.82) is 0 Å². The van der Waals surface area contributed by atoms with E-state index in [9.17, 15) is 9.46 Å². The third-order valence-electron chi connectivity index (χ3n) is 1.12. The zero-order valence-electron chi connectivity index (χ0n) is 6.31. The van der Waals surface area contributed by atoms with Crippen molar-refractivity contribution in [3.63, 3.8) is 0 Å². The van der Waals surface area contributed by atoms with Gasteiger partial charge in [-0.3, -0.25) is 0 Å². The molecule has 0 aromatic rings. The Morgan fingerprint density at radius 2 is 2.11 bits per heavy atom. The molecule has 0 amide bonds. The van der Waals surface area contributed by atoms with Crippen LogP contribution in [0.15, 0.2) is 0 Å². The summed E-state index contributed by atoms with van der Waals surface area (Å²) in [5.41, 5.74) is -0.0926. The molecule has 9 heavy (non-hydrogen) atoms. The van der Waals surface area contributed by atoms with E-state index in [-0.39, 0.29) is 57.0 Å². The molecule has 0 aromatic heterocycles. The van der Waals surface area contributed by atoms with Crippen LogP contribution in [-0.4, -0.2) is 5.66 Å². The van der Waals surface area contributed by atoms with Crippen molar-refractivity contribution in [3.05, 3.63) is 0 Å². The van der Waals surface area contributed by atoms with E-state index in [1.807, 2.05) is 6.92 Å². The maximum Gasteiger partial charge on any atom is 1.00 e. The first-order chi connectivity index (χ1) is 3.68. The molecule has 0 aromatic carbocycles. The van der Waals surface area contributed by atoms with E-state index < -0.39 is 8.03 Å². The summed E-state index contributed by atoms with van der Waals surface area (Å²) in [4.78, 5) is 10.2. The van der Waals surface area contributed by atoms with Crippen LogP contribution in [0, 0.1) is 0 Å². The Morgan fingerprint density at radius 1 is 1.67 bits per heavy atom. The molecule has 2 unspecified atom stereocenters. The van der Waals surface area contributed by atoms with E-state index in [1.165, 1.54) is 0 Å². The van der Waals surface area contributed by atoms with E-state index in [0.717, 1.165) is 12.8 Å². The summed E-state index contributed by atoms with van der Waals surface area (Å²) in [5.74, 6) is 0. The average Bonchev–Trinajstić information content (AvgIpc) is 1.67. The molecule has 0 bridgehead atoms. The summed E-state index contributed by atoms with van der Waals surface area (Å²) in [6.07, 6.45) is 1.76. The van der Waals surface area contributed by atoms with Gasteiger partial charge in [0.1, 0.15) is 0 Å². The Kier molecular flexibility index (Phi) is 11.8. The first kappa shape index (κ1) is 13.4. The minimum Gasteiger partial charge on any atom is -0.801 e. The first-order valence-corrected chi connectivity index (χ1v) is 4.28. The van der Waals surface area contributed by atoms with Gasteiger partial charge in [0.05, 0.1) is 0 Å². The van der Waals surface area contributed by atoms with Gasteiger partial charge in [-0.15, -0.1) is 0 Å². The van der Waals surface area contributed by atoms with Crippen LogP contribution < -0.4 is 56.3 Å². The van der Waals surface area contributed by atoms with E-state index in [4.69, 9.17) is 0 Å². The first-order valence-electron chi connectivity index (χ1n) is 2.89. The summed E-state index contributed by atoms with van der Waals surface area (Å²) in [7, 11) is -2.47. The van der Waals surface area contributed by atoms with Crippen LogP contribution in [0.2, 0.25) is 0 Å². The third-order valence-corrected chi connectivity index (χ3v) is 2.22. The molecule has 0 aliphatic heterocycles. The van der Waals surface area contributed by atoms with Crippen molar-refractivity contribution in [2.45, 2.75) is 32.3 Å². The number of hydrogen-bond donors (Lipinski definition) is 0. The Bertz CT molecular complexity index is 87.0. The fourth-order valence-electron chi connectivity index (χ4n) is 0.551. The third kappa shape index (κ3) is 7.73.